The van der Waals surface area contributed by atoms with Crippen molar-refractivity contribution in [2.24, 2.45) is 23.3 Å². The van der Waals surface area contributed by atoms with Crippen LogP contribution in [0, 0.1) is 17.2 Å². The molecule has 2 atom stereocenters. The van der Waals surface area contributed by atoms with E-state index >= 15 is 0 Å². The minimum absolute atomic E-state index is 0.0489. The maximum Gasteiger partial charge on any atom is 0.317 e. The zero-order valence-electron chi connectivity index (χ0n) is 14.0. The number of amides is 1. The molecular formula is C17H22N4O4. The number of hydrogen-bond acceptors (Lipinski definition) is 6. The van der Waals surface area contributed by atoms with Gasteiger partial charge in [-0.2, -0.15) is 0 Å². The first-order chi connectivity index (χ1) is 11.8. The Morgan fingerprint density at radius 3 is 2.52 bits per heavy atom. The van der Waals surface area contributed by atoms with Crippen molar-refractivity contribution in [3.63, 3.8) is 0 Å². The van der Waals surface area contributed by atoms with Crippen LogP contribution in [0.3, 0.4) is 0 Å². The summed E-state index contributed by atoms with van der Waals surface area (Å²) in [6.07, 6.45) is 0.755. The molecule has 5 N–H and O–H groups in total. The van der Waals surface area contributed by atoms with E-state index in [2.05, 4.69) is 4.74 Å². The van der Waals surface area contributed by atoms with Crippen LogP contribution in [0.25, 0.3) is 0 Å². The number of benzene rings is 1. The molecule has 1 amide bonds. The SMILES string of the molecule is CC(=O)OC(=O)C(CCN)C1CCN(c2ccc(C(=N)N)cc2)C1=O. The molecule has 1 aromatic carbocycles. The minimum Gasteiger partial charge on any atom is -0.393 e. The standard InChI is InChI=1S/C17H22N4O4/c1-10(22)25-17(24)14(6-8-18)13-7-9-21(16(13)23)12-4-2-11(3-5-12)15(19)20/h2-5,13-14H,6-9,18H2,1H3,(H3,19,20). The van der Waals surface area contributed by atoms with Gasteiger partial charge in [0, 0.05) is 24.7 Å². The Balaban J connectivity index is 2.16. The van der Waals surface area contributed by atoms with Crippen LogP contribution in [0.15, 0.2) is 24.3 Å². The van der Waals surface area contributed by atoms with E-state index in [1.54, 1.807) is 29.2 Å². The van der Waals surface area contributed by atoms with Crippen molar-refractivity contribution < 1.29 is 19.1 Å². The number of nitrogen functional groups attached to an aromatic ring is 1. The molecule has 8 nitrogen and oxygen atoms in total. The highest BCUT2D eigenvalue weighted by Crippen LogP contribution is 2.32. The monoisotopic (exact) mass is 346 g/mol. The third-order valence-corrected chi connectivity index (χ3v) is 4.25. The highest BCUT2D eigenvalue weighted by molar-refractivity contribution is 6.01. The van der Waals surface area contributed by atoms with Crippen molar-refractivity contribution in [1.82, 2.24) is 0 Å². The maximum absolute atomic E-state index is 12.8. The highest BCUT2D eigenvalue weighted by atomic mass is 16.6. The van der Waals surface area contributed by atoms with Crippen molar-refractivity contribution in [2.45, 2.75) is 19.8 Å². The van der Waals surface area contributed by atoms with E-state index in [1.807, 2.05) is 0 Å². The molecule has 0 radical (unpaired) electrons. The largest absolute Gasteiger partial charge is 0.393 e. The molecule has 134 valence electrons. The summed E-state index contributed by atoms with van der Waals surface area (Å²) in [7, 11) is 0. The van der Waals surface area contributed by atoms with Crippen molar-refractivity contribution in [2.75, 3.05) is 18.0 Å². The summed E-state index contributed by atoms with van der Waals surface area (Å²) in [5.41, 5.74) is 12.2. The van der Waals surface area contributed by atoms with Gasteiger partial charge in [0.1, 0.15) is 5.84 Å². The van der Waals surface area contributed by atoms with Gasteiger partial charge in [0.2, 0.25) is 5.91 Å². The molecule has 0 bridgehead atoms. The zero-order valence-corrected chi connectivity index (χ0v) is 14.0. The van der Waals surface area contributed by atoms with E-state index in [-0.39, 0.29) is 24.7 Å². The molecule has 1 aliphatic heterocycles. The zero-order chi connectivity index (χ0) is 18.6. The second kappa shape index (κ2) is 7.89. The Bertz CT molecular complexity index is 686. The third kappa shape index (κ3) is 4.21. The fourth-order valence-corrected chi connectivity index (χ4v) is 3.03. The molecule has 1 saturated heterocycles. The van der Waals surface area contributed by atoms with E-state index in [1.165, 1.54) is 0 Å². The lowest BCUT2D eigenvalue weighted by atomic mass is 9.88. The molecule has 1 heterocycles. The molecule has 25 heavy (non-hydrogen) atoms. The molecule has 0 saturated carbocycles. The molecule has 8 heteroatoms. The van der Waals surface area contributed by atoms with Crippen LogP contribution in [0.5, 0.6) is 0 Å². The van der Waals surface area contributed by atoms with Crippen LogP contribution in [0.2, 0.25) is 0 Å². The Hall–Kier alpha value is -2.74. The van der Waals surface area contributed by atoms with E-state index < -0.39 is 23.8 Å². The van der Waals surface area contributed by atoms with Crippen LogP contribution >= 0.6 is 0 Å². The second-order valence-electron chi connectivity index (χ2n) is 5.94. The highest BCUT2D eigenvalue weighted by Gasteiger charge is 2.41. The van der Waals surface area contributed by atoms with Crippen molar-refractivity contribution in [1.29, 1.82) is 5.41 Å². The van der Waals surface area contributed by atoms with Crippen LogP contribution in [-0.2, 0) is 19.1 Å². The number of rotatable bonds is 6. The summed E-state index contributed by atoms with van der Waals surface area (Å²) in [5, 5.41) is 7.40. The number of anilines is 1. The van der Waals surface area contributed by atoms with E-state index in [0.717, 1.165) is 6.92 Å². The third-order valence-electron chi connectivity index (χ3n) is 4.25. The number of nitrogens with two attached hydrogens (primary N) is 2. The van der Waals surface area contributed by atoms with Crippen LogP contribution in [0.1, 0.15) is 25.3 Å². The topological polar surface area (TPSA) is 140 Å². The molecule has 1 aliphatic rings. The lowest BCUT2D eigenvalue weighted by Crippen LogP contribution is -2.35. The molecule has 1 fully saturated rings. The number of carbonyl (C=O) groups excluding carboxylic acids is 3. The number of esters is 2. The van der Waals surface area contributed by atoms with Gasteiger partial charge in [-0.1, -0.05) is 0 Å². The molecule has 2 unspecified atom stereocenters. The average Bonchev–Trinajstić information content (AvgIpc) is 2.93. The average molecular weight is 346 g/mol. The first kappa shape index (κ1) is 18.6. The van der Waals surface area contributed by atoms with Gasteiger partial charge in [-0.3, -0.25) is 19.8 Å². The number of nitrogens with one attached hydrogen (secondary N) is 1. The first-order valence-corrected chi connectivity index (χ1v) is 8.03. The van der Waals surface area contributed by atoms with Gasteiger partial charge in [0.25, 0.3) is 0 Å². The molecule has 1 aromatic rings. The molecule has 0 aromatic heterocycles. The fourth-order valence-electron chi connectivity index (χ4n) is 3.03. The van der Waals surface area contributed by atoms with Gasteiger partial charge in [-0.25, -0.2) is 0 Å². The summed E-state index contributed by atoms with van der Waals surface area (Å²) in [5.74, 6) is -2.95. The van der Waals surface area contributed by atoms with Crippen molar-refractivity contribution in [3.05, 3.63) is 29.8 Å². The number of hydrogen-bond donors (Lipinski definition) is 3. The lowest BCUT2D eigenvalue weighted by Gasteiger charge is -2.21. The molecular weight excluding hydrogens is 324 g/mol. The number of amidine groups is 1. The van der Waals surface area contributed by atoms with Crippen molar-refractivity contribution in [3.8, 4) is 0 Å². The quantitative estimate of drug-likeness (QED) is 0.294. The summed E-state index contributed by atoms with van der Waals surface area (Å²) in [6.45, 7) is 1.82. The number of ether oxygens (including phenoxy) is 1. The number of nitrogens with zero attached hydrogens (tertiary/aromatic N) is 1. The van der Waals surface area contributed by atoms with E-state index in [0.29, 0.717) is 24.2 Å². The second-order valence-corrected chi connectivity index (χ2v) is 5.94. The number of carbonyl (C=O) groups is 3. The summed E-state index contributed by atoms with van der Waals surface area (Å²) in [4.78, 5) is 37.5. The van der Waals surface area contributed by atoms with Gasteiger partial charge in [0.15, 0.2) is 0 Å². The molecule has 2 rings (SSSR count). The maximum atomic E-state index is 12.8. The van der Waals surface area contributed by atoms with Crippen LogP contribution in [0.4, 0.5) is 5.69 Å². The first-order valence-electron chi connectivity index (χ1n) is 8.03. The smallest absolute Gasteiger partial charge is 0.317 e. The van der Waals surface area contributed by atoms with E-state index in [9.17, 15) is 14.4 Å². The summed E-state index contributed by atoms with van der Waals surface area (Å²) >= 11 is 0. The predicted octanol–water partition coefficient (Wildman–Crippen LogP) is 0.378. The Morgan fingerprint density at radius 2 is 2.00 bits per heavy atom. The van der Waals surface area contributed by atoms with Gasteiger partial charge in [0.05, 0.1) is 11.8 Å². The minimum atomic E-state index is -0.733. The van der Waals surface area contributed by atoms with Crippen LogP contribution < -0.4 is 16.4 Å². The fraction of sp³-hybridized carbons (Fsp3) is 0.412. The normalized spacial score (nSPS) is 18.1. The molecule has 0 aliphatic carbocycles. The molecule has 0 spiro atoms. The van der Waals surface area contributed by atoms with Gasteiger partial charge >= 0.3 is 11.9 Å². The lowest BCUT2D eigenvalue weighted by molar-refractivity contribution is -0.163. The van der Waals surface area contributed by atoms with Crippen LogP contribution in [-0.4, -0.2) is 36.8 Å². The Morgan fingerprint density at radius 1 is 1.36 bits per heavy atom. The van der Waals surface area contributed by atoms with E-state index in [4.69, 9.17) is 16.9 Å². The summed E-state index contributed by atoms with van der Waals surface area (Å²) < 4.78 is 4.67. The van der Waals surface area contributed by atoms with Gasteiger partial charge in [-0.05, 0) is 43.7 Å². The predicted molar refractivity (Wildman–Crippen MR) is 91.9 cm³/mol. The Kier molecular flexibility index (Phi) is 5.87. The van der Waals surface area contributed by atoms with Crippen molar-refractivity contribution >= 4 is 29.4 Å². The Labute approximate surface area is 145 Å². The summed E-state index contributed by atoms with van der Waals surface area (Å²) in [6, 6.07) is 6.75. The van der Waals surface area contributed by atoms with Gasteiger partial charge < -0.3 is 21.1 Å². The van der Waals surface area contributed by atoms with Gasteiger partial charge in [-0.15, -0.1) is 0 Å².